The fraction of sp³-hybridized carbons (Fsp3) is 0.133. The Morgan fingerprint density at radius 2 is 2.29 bits per heavy atom. The van der Waals surface area contributed by atoms with Crippen molar-refractivity contribution in [1.29, 1.82) is 5.26 Å². The molecular weight excluding hydrogens is 308 g/mol. The summed E-state index contributed by atoms with van der Waals surface area (Å²) in [6.45, 7) is 0. The van der Waals surface area contributed by atoms with Gasteiger partial charge < -0.3 is 4.42 Å². The molecule has 0 aliphatic heterocycles. The Morgan fingerprint density at radius 1 is 1.43 bits per heavy atom. The smallest absolute Gasteiger partial charge is 0.144 e. The van der Waals surface area contributed by atoms with Crippen LogP contribution < -0.4 is 0 Å². The monoisotopic (exact) mass is 316 g/mol. The van der Waals surface area contributed by atoms with Gasteiger partial charge in [0.05, 0.1) is 18.9 Å². The number of carbonyl (C=O) groups is 1. The molecule has 3 aromatic rings. The van der Waals surface area contributed by atoms with Crippen LogP contribution in [0, 0.1) is 11.3 Å². The van der Waals surface area contributed by atoms with Crippen LogP contribution in [0.25, 0.3) is 11.0 Å². The van der Waals surface area contributed by atoms with E-state index in [4.69, 9.17) is 21.3 Å². The third-order valence-corrected chi connectivity index (χ3v) is 4.15. The van der Waals surface area contributed by atoms with Gasteiger partial charge in [-0.05, 0) is 18.2 Å². The molecule has 4 nitrogen and oxygen atoms in total. The summed E-state index contributed by atoms with van der Waals surface area (Å²) in [5.41, 5.74) is 1.51. The number of thiazole rings is 1. The number of ketones is 1. The van der Waals surface area contributed by atoms with Crippen molar-refractivity contribution in [3.05, 3.63) is 51.1 Å². The van der Waals surface area contributed by atoms with Crippen molar-refractivity contribution >= 4 is 39.7 Å². The van der Waals surface area contributed by atoms with Crippen LogP contribution in [0.5, 0.6) is 0 Å². The molecule has 0 unspecified atom stereocenters. The highest BCUT2D eigenvalue weighted by Gasteiger charge is 2.13. The van der Waals surface area contributed by atoms with Gasteiger partial charge in [-0.25, -0.2) is 4.98 Å². The summed E-state index contributed by atoms with van der Waals surface area (Å²) in [7, 11) is 0. The van der Waals surface area contributed by atoms with E-state index in [0.717, 1.165) is 10.9 Å². The maximum Gasteiger partial charge on any atom is 0.144 e. The summed E-state index contributed by atoms with van der Waals surface area (Å²) < 4.78 is 5.41. The Morgan fingerprint density at radius 3 is 3.05 bits per heavy atom. The maximum absolute atomic E-state index is 12.1. The molecule has 0 bridgehead atoms. The van der Waals surface area contributed by atoms with E-state index < -0.39 is 0 Å². The summed E-state index contributed by atoms with van der Waals surface area (Å²) in [6.07, 6.45) is 3.58. The number of hydrogen-bond acceptors (Lipinski definition) is 5. The highest BCUT2D eigenvalue weighted by atomic mass is 35.5. The molecule has 1 aromatic carbocycles. The van der Waals surface area contributed by atoms with Crippen molar-refractivity contribution in [3.8, 4) is 6.07 Å². The highest BCUT2D eigenvalue weighted by Crippen LogP contribution is 2.25. The largest absolute Gasteiger partial charge is 0.464 e. The van der Waals surface area contributed by atoms with Crippen molar-refractivity contribution < 1.29 is 9.21 Å². The number of aromatic nitrogens is 1. The maximum atomic E-state index is 12.1. The Kier molecular flexibility index (Phi) is 3.74. The zero-order chi connectivity index (χ0) is 14.8. The van der Waals surface area contributed by atoms with Crippen LogP contribution in [-0.4, -0.2) is 10.8 Å². The number of fused-ring (bicyclic) bond motifs is 1. The molecule has 0 atom stereocenters. The summed E-state index contributed by atoms with van der Waals surface area (Å²) in [5.74, 6) is 0.0338. The molecular formula is C15H9ClN2O2S. The Hall–Kier alpha value is -2.16. The van der Waals surface area contributed by atoms with Gasteiger partial charge in [-0.15, -0.1) is 11.3 Å². The first-order valence-electron chi connectivity index (χ1n) is 6.18. The standard InChI is InChI=1S/C15H9ClN2O2S/c16-10-1-2-13-9(8-20-14(13)4-10)3-11(19)5-15-18-7-12(6-17)21-15/h1-2,4,7-8H,3,5H2. The van der Waals surface area contributed by atoms with E-state index in [-0.39, 0.29) is 18.6 Å². The quantitative estimate of drug-likeness (QED) is 0.735. The molecule has 0 spiro atoms. The minimum atomic E-state index is 0.0338. The van der Waals surface area contributed by atoms with Crippen LogP contribution in [0.15, 0.2) is 35.1 Å². The van der Waals surface area contributed by atoms with Gasteiger partial charge in [0.2, 0.25) is 0 Å². The van der Waals surface area contributed by atoms with E-state index in [1.54, 1.807) is 18.4 Å². The van der Waals surface area contributed by atoms with Crippen LogP contribution in [-0.2, 0) is 17.6 Å². The fourth-order valence-electron chi connectivity index (χ4n) is 2.08. The second-order valence-corrected chi connectivity index (χ2v) is 6.08. The minimum Gasteiger partial charge on any atom is -0.464 e. The van der Waals surface area contributed by atoms with Crippen molar-refractivity contribution in [2.75, 3.05) is 0 Å². The van der Waals surface area contributed by atoms with Gasteiger partial charge in [-0.3, -0.25) is 4.79 Å². The molecule has 0 saturated carbocycles. The number of nitriles is 1. The van der Waals surface area contributed by atoms with Crippen LogP contribution in [0.3, 0.4) is 0 Å². The van der Waals surface area contributed by atoms with Crippen LogP contribution in [0.4, 0.5) is 0 Å². The van der Waals surface area contributed by atoms with Crippen LogP contribution in [0.2, 0.25) is 5.02 Å². The van der Waals surface area contributed by atoms with Crippen molar-refractivity contribution in [2.45, 2.75) is 12.8 Å². The second kappa shape index (κ2) is 5.68. The number of carbonyl (C=O) groups excluding carboxylic acids is 1. The SMILES string of the molecule is N#Cc1cnc(CC(=O)Cc2coc3cc(Cl)ccc23)s1. The van der Waals surface area contributed by atoms with E-state index in [9.17, 15) is 4.79 Å². The molecule has 0 saturated heterocycles. The number of Topliss-reactive ketones (excluding diaryl/α,β-unsaturated/α-hetero) is 1. The third-order valence-electron chi connectivity index (χ3n) is 3.02. The molecule has 0 N–H and O–H groups in total. The average molecular weight is 317 g/mol. The molecule has 104 valence electrons. The van der Waals surface area contributed by atoms with Gasteiger partial charge in [0.25, 0.3) is 0 Å². The number of nitrogens with zero attached hydrogens (tertiary/aromatic N) is 2. The van der Waals surface area contributed by atoms with E-state index >= 15 is 0 Å². The molecule has 0 amide bonds. The summed E-state index contributed by atoms with van der Waals surface area (Å²) in [4.78, 5) is 16.7. The lowest BCUT2D eigenvalue weighted by Crippen LogP contribution is -2.05. The lowest BCUT2D eigenvalue weighted by Gasteiger charge is -1.97. The minimum absolute atomic E-state index is 0.0338. The Bertz CT molecular complexity index is 860. The molecule has 2 aromatic heterocycles. The summed E-state index contributed by atoms with van der Waals surface area (Å²) in [6, 6.07) is 7.36. The fourth-order valence-corrected chi connectivity index (χ4v) is 2.99. The topological polar surface area (TPSA) is 66.9 Å². The van der Waals surface area contributed by atoms with E-state index in [2.05, 4.69) is 4.98 Å². The van der Waals surface area contributed by atoms with E-state index in [1.165, 1.54) is 17.5 Å². The van der Waals surface area contributed by atoms with Crippen molar-refractivity contribution in [1.82, 2.24) is 4.98 Å². The van der Waals surface area contributed by atoms with Gasteiger partial charge >= 0.3 is 0 Å². The molecule has 3 rings (SSSR count). The first-order chi connectivity index (χ1) is 10.2. The molecule has 0 fully saturated rings. The number of rotatable bonds is 4. The molecule has 0 aliphatic carbocycles. The number of furan rings is 1. The highest BCUT2D eigenvalue weighted by molar-refractivity contribution is 7.12. The first kappa shape index (κ1) is 13.8. The molecule has 6 heteroatoms. The zero-order valence-corrected chi connectivity index (χ0v) is 12.4. The third kappa shape index (κ3) is 2.97. The average Bonchev–Trinajstić information content (AvgIpc) is 3.06. The number of hydrogen-bond donors (Lipinski definition) is 0. The molecule has 21 heavy (non-hydrogen) atoms. The lowest BCUT2D eigenvalue weighted by molar-refractivity contribution is -0.117. The van der Waals surface area contributed by atoms with Crippen LogP contribution in [0.1, 0.15) is 15.4 Å². The van der Waals surface area contributed by atoms with Gasteiger partial charge in [-0.2, -0.15) is 5.26 Å². The normalized spacial score (nSPS) is 10.7. The van der Waals surface area contributed by atoms with E-state index in [1.807, 2.05) is 12.1 Å². The Labute approximate surface area is 129 Å². The zero-order valence-electron chi connectivity index (χ0n) is 10.8. The molecule has 2 heterocycles. The number of benzene rings is 1. The number of halogens is 1. The molecule has 0 aliphatic rings. The van der Waals surface area contributed by atoms with E-state index in [0.29, 0.717) is 20.5 Å². The lowest BCUT2D eigenvalue weighted by atomic mass is 10.1. The molecule has 0 radical (unpaired) electrons. The van der Waals surface area contributed by atoms with Crippen molar-refractivity contribution in [3.63, 3.8) is 0 Å². The van der Waals surface area contributed by atoms with Gasteiger partial charge in [0.1, 0.15) is 27.3 Å². The van der Waals surface area contributed by atoms with Crippen LogP contribution >= 0.6 is 22.9 Å². The second-order valence-electron chi connectivity index (χ2n) is 4.52. The van der Waals surface area contributed by atoms with Crippen molar-refractivity contribution in [2.24, 2.45) is 0 Å². The van der Waals surface area contributed by atoms with Gasteiger partial charge in [0, 0.05) is 22.4 Å². The predicted molar refractivity (Wildman–Crippen MR) is 80.5 cm³/mol. The predicted octanol–water partition coefficient (Wildman–Crippen LogP) is 3.77. The summed E-state index contributed by atoms with van der Waals surface area (Å²) >= 11 is 7.14. The van der Waals surface area contributed by atoms with Gasteiger partial charge in [0.15, 0.2) is 0 Å². The van der Waals surface area contributed by atoms with Gasteiger partial charge in [-0.1, -0.05) is 11.6 Å². The summed E-state index contributed by atoms with van der Waals surface area (Å²) in [5, 5.41) is 10.9. The first-order valence-corrected chi connectivity index (χ1v) is 7.37. The Balaban J connectivity index is 1.75.